The van der Waals surface area contributed by atoms with Crippen molar-refractivity contribution in [1.29, 1.82) is 0 Å². The summed E-state index contributed by atoms with van der Waals surface area (Å²) in [5, 5.41) is 1.03. The van der Waals surface area contributed by atoms with Gasteiger partial charge in [0.15, 0.2) is 0 Å². The monoisotopic (exact) mass is 278 g/mol. The fourth-order valence-electron chi connectivity index (χ4n) is 1.86. The van der Waals surface area contributed by atoms with Gasteiger partial charge in [0, 0.05) is 17.4 Å². The number of hydrogen-bond donors (Lipinski definition) is 0. The summed E-state index contributed by atoms with van der Waals surface area (Å²) < 4.78 is 11.3. The molecule has 1 atom stereocenters. The lowest BCUT2D eigenvalue weighted by molar-refractivity contribution is -0.0142. The van der Waals surface area contributed by atoms with Gasteiger partial charge in [0.05, 0.1) is 19.3 Å². The molecule has 3 heteroatoms. The first-order valence-electron chi connectivity index (χ1n) is 6.01. The third kappa shape index (κ3) is 4.04. The third-order valence-electron chi connectivity index (χ3n) is 3.52. The van der Waals surface area contributed by atoms with E-state index in [1.54, 1.807) is 0 Å². The molecule has 1 heterocycles. The van der Waals surface area contributed by atoms with Gasteiger partial charge < -0.3 is 9.47 Å². The molecule has 90 valence electrons. The minimum Gasteiger partial charge on any atom is -0.378 e. The molecule has 0 aliphatic carbocycles. The number of ether oxygens (including phenoxy) is 2. The minimum absolute atomic E-state index is 0.318. The summed E-state index contributed by atoms with van der Waals surface area (Å²) in [5.74, 6) is 0. The Morgan fingerprint density at radius 1 is 1.40 bits per heavy atom. The molecule has 1 fully saturated rings. The van der Waals surface area contributed by atoms with Crippen LogP contribution in [0.4, 0.5) is 0 Å². The molecule has 1 rings (SSSR count). The standard InChI is InChI=1S/C12H23BrO2/c1-3-12(4-2,9-13)10-14-8-11-6-5-7-15-11/h11H,3-10H2,1-2H3. The van der Waals surface area contributed by atoms with Gasteiger partial charge in [-0.1, -0.05) is 29.8 Å². The van der Waals surface area contributed by atoms with Crippen LogP contribution in [0.5, 0.6) is 0 Å². The van der Waals surface area contributed by atoms with Crippen LogP contribution < -0.4 is 0 Å². The SMILES string of the molecule is CCC(CC)(CBr)COCC1CCCO1. The predicted molar refractivity (Wildman–Crippen MR) is 66.6 cm³/mol. The molecule has 0 radical (unpaired) electrons. The quantitative estimate of drug-likeness (QED) is 0.665. The van der Waals surface area contributed by atoms with E-state index in [1.165, 1.54) is 25.7 Å². The van der Waals surface area contributed by atoms with Gasteiger partial charge in [-0.2, -0.15) is 0 Å². The van der Waals surface area contributed by atoms with Crippen LogP contribution in [-0.2, 0) is 9.47 Å². The summed E-state index contributed by atoms with van der Waals surface area (Å²) in [6.45, 7) is 7.01. The van der Waals surface area contributed by atoms with Crippen LogP contribution in [0.1, 0.15) is 39.5 Å². The lowest BCUT2D eigenvalue weighted by atomic mass is 9.86. The maximum atomic E-state index is 5.80. The second-order valence-electron chi connectivity index (χ2n) is 4.49. The Morgan fingerprint density at radius 2 is 2.13 bits per heavy atom. The van der Waals surface area contributed by atoms with Gasteiger partial charge >= 0.3 is 0 Å². The molecule has 1 saturated heterocycles. The second kappa shape index (κ2) is 6.87. The van der Waals surface area contributed by atoms with E-state index in [2.05, 4.69) is 29.8 Å². The zero-order valence-corrected chi connectivity index (χ0v) is 11.5. The molecule has 0 spiro atoms. The average Bonchev–Trinajstić information content (AvgIpc) is 2.78. The van der Waals surface area contributed by atoms with Crippen molar-refractivity contribution >= 4 is 15.9 Å². The van der Waals surface area contributed by atoms with Crippen molar-refractivity contribution < 1.29 is 9.47 Å². The highest BCUT2D eigenvalue weighted by Gasteiger charge is 2.26. The fraction of sp³-hybridized carbons (Fsp3) is 1.00. The van der Waals surface area contributed by atoms with Crippen LogP contribution in [0.3, 0.4) is 0 Å². The first-order valence-corrected chi connectivity index (χ1v) is 7.14. The van der Waals surface area contributed by atoms with Crippen molar-refractivity contribution in [3.63, 3.8) is 0 Å². The maximum absolute atomic E-state index is 5.80. The van der Waals surface area contributed by atoms with E-state index in [1.807, 2.05) is 0 Å². The van der Waals surface area contributed by atoms with Crippen LogP contribution in [0, 0.1) is 5.41 Å². The average molecular weight is 279 g/mol. The molecule has 15 heavy (non-hydrogen) atoms. The van der Waals surface area contributed by atoms with Crippen molar-refractivity contribution in [1.82, 2.24) is 0 Å². The molecular weight excluding hydrogens is 256 g/mol. The van der Waals surface area contributed by atoms with E-state index in [0.717, 1.165) is 25.2 Å². The van der Waals surface area contributed by atoms with Gasteiger partial charge in [-0.25, -0.2) is 0 Å². The molecule has 0 aromatic carbocycles. The van der Waals surface area contributed by atoms with Gasteiger partial charge in [0.1, 0.15) is 0 Å². The third-order valence-corrected chi connectivity index (χ3v) is 4.71. The van der Waals surface area contributed by atoms with E-state index < -0.39 is 0 Å². The number of hydrogen-bond acceptors (Lipinski definition) is 2. The Labute approximate surface area is 102 Å². The predicted octanol–water partition coefficient (Wildman–Crippen LogP) is 3.38. The number of rotatable bonds is 7. The summed E-state index contributed by atoms with van der Waals surface area (Å²) in [6, 6.07) is 0. The van der Waals surface area contributed by atoms with Crippen molar-refractivity contribution in [2.24, 2.45) is 5.41 Å². The lowest BCUT2D eigenvalue weighted by Gasteiger charge is -2.29. The maximum Gasteiger partial charge on any atom is 0.0809 e. The molecular formula is C12H23BrO2. The molecule has 0 saturated carbocycles. The molecule has 0 aromatic rings. The van der Waals surface area contributed by atoms with Crippen LogP contribution >= 0.6 is 15.9 Å². The van der Waals surface area contributed by atoms with Crippen LogP contribution in [-0.4, -0.2) is 31.3 Å². The van der Waals surface area contributed by atoms with Gasteiger partial charge in [0.2, 0.25) is 0 Å². The molecule has 0 aromatic heterocycles. The van der Waals surface area contributed by atoms with Gasteiger partial charge in [0.25, 0.3) is 0 Å². The highest BCUT2D eigenvalue weighted by atomic mass is 79.9. The lowest BCUT2D eigenvalue weighted by Crippen LogP contribution is -2.29. The number of halogens is 1. The van der Waals surface area contributed by atoms with Crippen molar-refractivity contribution in [3.05, 3.63) is 0 Å². The Bertz CT molecular complexity index is 155. The first-order chi connectivity index (χ1) is 7.26. The second-order valence-corrected chi connectivity index (χ2v) is 5.05. The first kappa shape index (κ1) is 13.5. The Balaban J connectivity index is 2.21. The van der Waals surface area contributed by atoms with E-state index in [-0.39, 0.29) is 0 Å². The van der Waals surface area contributed by atoms with E-state index in [9.17, 15) is 0 Å². The fourth-order valence-corrected chi connectivity index (χ4v) is 2.82. The topological polar surface area (TPSA) is 18.5 Å². The Hall–Kier alpha value is 0.400. The zero-order valence-electron chi connectivity index (χ0n) is 9.93. The van der Waals surface area contributed by atoms with Crippen LogP contribution in [0.25, 0.3) is 0 Å². The smallest absolute Gasteiger partial charge is 0.0809 e. The molecule has 1 aliphatic rings. The van der Waals surface area contributed by atoms with Gasteiger partial charge in [-0.15, -0.1) is 0 Å². The summed E-state index contributed by atoms with van der Waals surface area (Å²) in [7, 11) is 0. The highest BCUT2D eigenvalue weighted by molar-refractivity contribution is 9.09. The molecule has 0 bridgehead atoms. The molecule has 0 N–H and O–H groups in total. The van der Waals surface area contributed by atoms with Crippen molar-refractivity contribution in [3.8, 4) is 0 Å². The number of alkyl halides is 1. The van der Waals surface area contributed by atoms with Gasteiger partial charge in [-0.05, 0) is 25.7 Å². The molecule has 2 nitrogen and oxygen atoms in total. The molecule has 0 amide bonds. The summed E-state index contributed by atoms with van der Waals surface area (Å²) in [5.41, 5.74) is 0.318. The van der Waals surface area contributed by atoms with Gasteiger partial charge in [-0.3, -0.25) is 0 Å². The Kier molecular flexibility index (Phi) is 6.17. The normalized spacial score (nSPS) is 22.2. The van der Waals surface area contributed by atoms with Crippen molar-refractivity contribution in [2.45, 2.75) is 45.6 Å². The summed E-state index contributed by atoms with van der Waals surface area (Å²) in [4.78, 5) is 0. The Morgan fingerprint density at radius 3 is 2.60 bits per heavy atom. The van der Waals surface area contributed by atoms with Crippen LogP contribution in [0.15, 0.2) is 0 Å². The molecule has 1 aliphatic heterocycles. The van der Waals surface area contributed by atoms with Crippen molar-refractivity contribution in [2.75, 3.05) is 25.2 Å². The van der Waals surface area contributed by atoms with E-state index in [0.29, 0.717) is 11.5 Å². The van der Waals surface area contributed by atoms with Crippen LogP contribution in [0.2, 0.25) is 0 Å². The minimum atomic E-state index is 0.318. The summed E-state index contributed by atoms with van der Waals surface area (Å²) in [6.07, 6.45) is 5.05. The summed E-state index contributed by atoms with van der Waals surface area (Å²) >= 11 is 3.60. The highest BCUT2D eigenvalue weighted by Crippen LogP contribution is 2.29. The van der Waals surface area contributed by atoms with E-state index >= 15 is 0 Å². The largest absolute Gasteiger partial charge is 0.378 e. The zero-order chi connectivity index (χ0) is 11.1. The molecule has 1 unspecified atom stereocenters. The van der Waals surface area contributed by atoms with E-state index in [4.69, 9.17) is 9.47 Å².